The molecule has 172 valence electrons. The Morgan fingerprint density at radius 1 is 1.21 bits per heavy atom. The van der Waals surface area contributed by atoms with Gasteiger partial charge in [0.25, 0.3) is 5.91 Å². The van der Waals surface area contributed by atoms with Gasteiger partial charge in [0.05, 0.1) is 33.9 Å². The van der Waals surface area contributed by atoms with E-state index in [-0.39, 0.29) is 42.3 Å². The number of carbonyl (C=O) groups excluding carboxylic acids is 1. The Bertz CT molecular complexity index is 1410. The lowest BCUT2D eigenvalue weighted by Gasteiger charge is -2.34. The van der Waals surface area contributed by atoms with E-state index in [9.17, 15) is 13.2 Å². The van der Waals surface area contributed by atoms with Crippen LogP contribution in [0.15, 0.2) is 52.4 Å². The molecule has 2 atom stereocenters. The molecule has 1 aliphatic heterocycles. The SMILES string of the molecule is C#CCn1c(=NC(=O)c2ccc(S(=O)(=O)N3CC(C)OC(C)C3)cc2)sc2cc(Cl)ccc21. The summed E-state index contributed by atoms with van der Waals surface area (Å²) in [4.78, 5) is 17.7. The van der Waals surface area contributed by atoms with Gasteiger partial charge in [0.15, 0.2) is 4.80 Å². The van der Waals surface area contributed by atoms with Crippen molar-refractivity contribution in [2.75, 3.05) is 13.1 Å². The fourth-order valence-electron chi connectivity index (χ4n) is 3.77. The molecule has 2 aromatic carbocycles. The maximum atomic E-state index is 13.0. The van der Waals surface area contributed by atoms with Crippen molar-refractivity contribution in [3.63, 3.8) is 0 Å². The van der Waals surface area contributed by atoms with E-state index in [0.29, 0.717) is 9.82 Å². The Kier molecular flexibility index (Phi) is 6.75. The summed E-state index contributed by atoms with van der Waals surface area (Å²) in [6, 6.07) is 11.2. The van der Waals surface area contributed by atoms with Crippen LogP contribution in [0.4, 0.5) is 0 Å². The summed E-state index contributed by atoms with van der Waals surface area (Å²) in [5.41, 5.74) is 1.12. The van der Waals surface area contributed by atoms with E-state index < -0.39 is 15.9 Å². The van der Waals surface area contributed by atoms with Crippen LogP contribution in [-0.2, 0) is 21.3 Å². The largest absolute Gasteiger partial charge is 0.373 e. The number of halogens is 1. The van der Waals surface area contributed by atoms with Crippen molar-refractivity contribution in [1.82, 2.24) is 8.87 Å². The highest BCUT2D eigenvalue weighted by Gasteiger charge is 2.32. The predicted molar refractivity (Wildman–Crippen MR) is 129 cm³/mol. The number of rotatable bonds is 4. The molecule has 1 fully saturated rings. The third-order valence-electron chi connectivity index (χ3n) is 5.22. The lowest BCUT2D eigenvalue weighted by atomic mass is 10.2. The second-order valence-corrected chi connectivity index (χ2v) is 11.2. The van der Waals surface area contributed by atoms with Gasteiger partial charge in [-0.15, -0.1) is 6.42 Å². The summed E-state index contributed by atoms with van der Waals surface area (Å²) in [7, 11) is -3.69. The second-order valence-electron chi connectivity index (χ2n) is 7.81. The molecule has 0 N–H and O–H groups in total. The molecule has 33 heavy (non-hydrogen) atoms. The smallest absolute Gasteiger partial charge is 0.279 e. The number of carbonyl (C=O) groups is 1. The van der Waals surface area contributed by atoms with Crippen LogP contribution in [-0.4, -0.2) is 48.5 Å². The zero-order valence-corrected chi connectivity index (χ0v) is 20.5. The standard InChI is InChI=1S/C23H22ClN3O4S2/c1-4-11-27-20-10-7-18(24)12-21(20)32-23(27)25-22(28)17-5-8-19(9-6-17)33(29,30)26-13-15(2)31-16(3)14-26/h1,5-10,12,15-16H,11,13-14H2,2-3H3. The Balaban J connectivity index is 1.64. The van der Waals surface area contributed by atoms with E-state index in [1.165, 1.54) is 39.9 Å². The predicted octanol–water partition coefficient (Wildman–Crippen LogP) is 3.53. The summed E-state index contributed by atoms with van der Waals surface area (Å²) in [6.45, 7) is 4.51. The minimum Gasteiger partial charge on any atom is -0.373 e. The van der Waals surface area contributed by atoms with E-state index in [2.05, 4.69) is 10.9 Å². The lowest BCUT2D eigenvalue weighted by molar-refractivity contribution is -0.0440. The maximum Gasteiger partial charge on any atom is 0.279 e. The first kappa shape index (κ1) is 23.7. The molecule has 4 rings (SSSR count). The lowest BCUT2D eigenvalue weighted by Crippen LogP contribution is -2.48. The monoisotopic (exact) mass is 503 g/mol. The summed E-state index contributed by atoms with van der Waals surface area (Å²) >= 11 is 7.39. The van der Waals surface area contributed by atoms with Gasteiger partial charge in [-0.3, -0.25) is 4.79 Å². The molecule has 10 heteroatoms. The van der Waals surface area contributed by atoms with Crippen LogP contribution in [0.1, 0.15) is 24.2 Å². The number of amides is 1. The van der Waals surface area contributed by atoms with Crippen molar-refractivity contribution >= 4 is 49.1 Å². The Hall–Kier alpha value is -2.48. The van der Waals surface area contributed by atoms with Crippen LogP contribution in [0.3, 0.4) is 0 Å². The third-order valence-corrected chi connectivity index (χ3v) is 8.34. The number of hydrogen-bond donors (Lipinski definition) is 0. The molecule has 1 aliphatic rings. The van der Waals surface area contributed by atoms with E-state index in [1.54, 1.807) is 16.7 Å². The molecule has 0 bridgehead atoms. The fraction of sp³-hybridized carbons (Fsp3) is 0.304. The van der Waals surface area contributed by atoms with Crippen molar-refractivity contribution in [2.45, 2.75) is 37.5 Å². The zero-order valence-electron chi connectivity index (χ0n) is 18.1. The molecule has 2 unspecified atom stereocenters. The fourth-order valence-corrected chi connectivity index (χ4v) is 6.67. The molecule has 2 heterocycles. The average molecular weight is 504 g/mol. The van der Waals surface area contributed by atoms with Crippen LogP contribution in [0.2, 0.25) is 5.02 Å². The number of morpholine rings is 1. The van der Waals surface area contributed by atoms with Gasteiger partial charge < -0.3 is 9.30 Å². The van der Waals surface area contributed by atoms with Gasteiger partial charge in [-0.25, -0.2) is 8.42 Å². The molecule has 0 saturated carbocycles. The maximum absolute atomic E-state index is 13.0. The summed E-state index contributed by atoms with van der Waals surface area (Å²) in [6.07, 6.45) is 5.13. The molecule has 1 amide bonds. The third kappa shape index (κ3) is 4.90. The van der Waals surface area contributed by atoms with Crippen molar-refractivity contribution in [2.24, 2.45) is 4.99 Å². The van der Waals surface area contributed by atoms with Gasteiger partial charge in [0.1, 0.15) is 0 Å². The topological polar surface area (TPSA) is 81.0 Å². The molecule has 0 aliphatic carbocycles. The van der Waals surface area contributed by atoms with E-state index >= 15 is 0 Å². The zero-order chi connectivity index (χ0) is 23.8. The van der Waals surface area contributed by atoms with Crippen LogP contribution in [0.5, 0.6) is 0 Å². The first-order valence-electron chi connectivity index (χ1n) is 10.3. The molecular weight excluding hydrogens is 482 g/mol. The Morgan fingerprint density at radius 2 is 1.88 bits per heavy atom. The van der Waals surface area contributed by atoms with Crippen molar-refractivity contribution < 1.29 is 17.9 Å². The Morgan fingerprint density at radius 3 is 2.52 bits per heavy atom. The van der Waals surface area contributed by atoms with Gasteiger partial charge in [0, 0.05) is 23.7 Å². The number of thiazole rings is 1. The number of nitrogens with zero attached hydrogens (tertiary/aromatic N) is 3. The molecule has 7 nitrogen and oxygen atoms in total. The number of terminal acetylenes is 1. The van der Waals surface area contributed by atoms with E-state index in [4.69, 9.17) is 22.8 Å². The van der Waals surface area contributed by atoms with Crippen molar-refractivity contribution in [3.05, 3.63) is 57.9 Å². The van der Waals surface area contributed by atoms with E-state index in [1.807, 2.05) is 19.9 Å². The number of hydrogen-bond acceptors (Lipinski definition) is 5. The van der Waals surface area contributed by atoms with Crippen LogP contribution < -0.4 is 4.80 Å². The highest BCUT2D eigenvalue weighted by atomic mass is 35.5. The molecule has 1 saturated heterocycles. The molecule has 0 spiro atoms. The van der Waals surface area contributed by atoms with Gasteiger partial charge in [-0.1, -0.05) is 28.9 Å². The van der Waals surface area contributed by atoms with Crippen molar-refractivity contribution in [3.8, 4) is 12.3 Å². The van der Waals surface area contributed by atoms with E-state index in [0.717, 1.165) is 10.2 Å². The van der Waals surface area contributed by atoms with Gasteiger partial charge in [0.2, 0.25) is 10.0 Å². The molecular formula is C23H22ClN3O4S2. The summed E-state index contributed by atoms with van der Waals surface area (Å²) in [5.74, 6) is 2.09. The van der Waals surface area contributed by atoms with Crippen LogP contribution in [0, 0.1) is 12.3 Å². The molecule has 1 aromatic heterocycles. The number of fused-ring (bicyclic) bond motifs is 1. The molecule has 3 aromatic rings. The summed E-state index contributed by atoms with van der Waals surface area (Å²) < 4.78 is 35.7. The normalized spacial score (nSPS) is 20.1. The Labute approximate surface area is 201 Å². The molecule has 0 radical (unpaired) electrons. The van der Waals surface area contributed by atoms with Gasteiger partial charge in [-0.2, -0.15) is 9.30 Å². The minimum absolute atomic E-state index is 0.124. The summed E-state index contributed by atoms with van der Waals surface area (Å²) in [5, 5.41) is 0.579. The quantitative estimate of drug-likeness (QED) is 0.510. The minimum atomic E-state index is -3.69. The van der Waals surface area contributed by atoms with Gasteiger partial charge >= 0.3 is 0 Å². The first-order chi connectivity index (χ1) is 15.7. The number of sulfonamides is 1. The highest BCUT2D eigenvalue weighted by molar-refractivity contribution is 7.89. The van der Waals surface area contributed by atoms with Crippen LogP contribution in [0.25, 0.3) is 10.2 Å². The average Bonchev–Trinajstić information content (AvgIpc) is 3.09. The second kappa shape index (κ2) is 9.41. The number of aromatic nitrogens is 1. The highest BCUT2D eigenvalue weighted by Crippen LogP contribution is 2.23. The van der Waals surface area contributed by atoms with Crippen LogP contribution >= 0.6 is 22.9 Å². The van der Waals surface area contributed by atoms with Crippen molar-refractivity contribution in [1.29, 1.82) is 0 Å². The number of benzene rings is 2. The van der Waals surface area contributed by atoms with Gasteiger partial charge in [-0.05, 0) is 56.3 Å². The first-order valence-corrected chi connectivity index (χ1v) is 12.9. The number of ether oxygens (including phenoxy) is 1.